The summed E-state index contributed by atoms with van der Waals surface area (Å²) in [5.41, 5.74) is 2.53. The number of thiazole rings is 1. The maximum absolute atomic E-state index is 9.16. The van der Waals surface area contributed by atoms with Gasteiger partial charge >= 0.3 is 0 Å². The van der Waals surface area contributed by atoms with E-state index in [-0.39, 0.29) is 0 Å². The van der Waals surface area contributed by atoms with E-state index in [2.05, 4.69) is 27.0 Å². The van der Waals surface area contributed by atoms with Gasteiger partial charge in [-0.1, -0.05) is 28.1 Å². The van der Waals surface area contributed by atoms with E-state index in [1.54, 1.807) is 0 Å². The minimum atomic E-state index is 0.598. The van der Waals surface area contributed by atoms with Crippen molar-refractivity contribution < 1.29 is 0 Å². The number of aryl methyl sites for hydroxylation is 1. The molecule has 0 fully saturated rings. The van der Waals surface area contributed by atoms with E-state index < -0.39 is 0 Å². The molecular formula is C13H9BrN2S. The predicted octanol–water partition coefficient (Wildman–Crippen LogP) is 4.28. The van der Waals surface area contributed by atoms with Crippen molar-refractivity contribution in [1.82, 2.24) is 4.98 Å². The van der Waals surface area contributed by atoms with Gasteiger partial charge in [-0.25, -0.2) is 4.98 Å². The van der Waals surface area contributed by atoms with Gasteiger partial charge in [0.1, 0.15) is 11.1 Å². The molecular weight excluding hydrogens is 296 g/mol. The number of nitrogens with zero attached hydrogens (tertiary/aromatic N) is 2. The third kappa shape index (κ3) is 3.02. The number of aromatic nitrogens is 1. The van der Waals surface area contributed by atoms with Crippen LogP contribution in [0.3, 0.4) is 0 Å². The van der Waals surface area contributed by atoms with Crippen molar-refractivity contribution in [3.63, 3.8) is 0 Å². The Kier molecular flexibility index (Phi) is 3.72. The first kappa shape index (κ1) is 12.0. The molecule has 2 aromatic rings. The molecule has 0 bridgehead atoms. The van der Waals surface area contributed by atoms with E-state index in [0.717, 1.165) is 20.7 Å². The average molecular weight is 305 g/mol. The van der Waals surface area contributed by atoms with E-state index in [1.807, 2.05) is 42.6 Å². The van der Waals surface area contributed by atoms with Crippen LogP contribution in [-0.4, -0.2) is 4.98 Å². The van der Waals surface area contributed by atoms with Crippen LogP contribution in [0.5, 0.6) is 0 Å². The number of halogens is 1. The molecule has 1 aromatic carbocycles. The fourth-order valence-electron chi connectivity index (χ4n) is 1.38. The van der Waals surface area contributed by atoms with Crippen LogP contribution in [0.2, 0.25) is 0 Å². The summed E-state index contributed by atoms with van der Waals surface area (Å²) < 4.78 is 0.999. The molecule has 0 aliphatic rings. The molecule has 17 heavy (non-hydrogen) atoms. The predicted molar refractivity (Wildman–Crippen MR) is 74.5 cm³/mol. The van der Waals surface area contributed by atoms with Crippen molar-refractivity contribution in [2.75, 3.05) is 0 Å². The maximum Gasteiger partial charge on any atom is 0.134 e. The quantitative estimate of drug-likeness (QED) is 0.777. The van der Waals surface area contributed by atoms with Crippen LogP contribution in [0.25, 0.3) is 11.6 Å². The zero-order chi connectivity index (χ0) is 12.3. The highest BCUT2D eigenvalue weighted by atomic mass is 79.9. The summed E-state index contributed by atoms with van der Waals surface area (Å²) in [6.45, 7) is 1.92. The van der Waals surface area contributed by atoms with Gasteiger partial charge in [0, 0.05) is 15.5 Å². The molecule has 0 aliphatic carbocycles. The summed E-state index contributed by atoms with van der Waals surface area (Å²) in [6.07, 6.45) is 1.85. The molecule has 0 radical (unpaired) electrons. The highest BCUT2D eigenvalue weighted by Crippen LogP contribution is 2.22. The van der Waals surface area contributed by atoms with Crippen LogP contribution >= 0.6 is 27.3 Å². The van der Waals surface area contributed by atoms with Gasteiger partial charge in [0.05, 0.1) is 5.57 Å². The summed E-state index contributed by atoms with van der Waals surface area (Å²) >= 11 is 4.90. The summed E-state index contributed by atoms with van der Waals surface area (Å²) in [5, 5.41) is 11.9. The second-order valence-electron chi connectivity index (χ2n) is 3.52. The van der Waals surface area contributed by atoms with Gasteiger partial charge < -0.3 is 0 Å². The van der Waals surface area contributed by atoms with E-state index in [9.17, 15) is 0 Å². The number of benzene rings is 1. The average Bonchev–Trinajstić information content (AvgIpc) is 2.73. The third-order valence-corrected chi connectivity index (χ3v) is 3.62. The fraction of sp³-hybridized carbons (Fsp3) is 0.0769. The Bertz CT molecular complexity index is 608. The Hall–Kier alpha value is -1.44. The largest absolute Gasteiger partial charge is 0.241 e. The lowest BCUT2D eigenvalue weighted by molar-refractivity contribution is 1.25. The lowest BCUT2D eigenvalue weighted by Crippen LogP contribution is -1.81. The van der Waals surface area contributed by atoms with Gasteiger partial charge in [-0.3, -0.25) is 0 Å². The molecule has 4 heteroatoms. The van der Waals surface area contributed by atoms with Crippen molar-refractivity contribution in [1.29, 1.82) is 5.26 Å². The molecule has 0 saturated heterocycles. The van der Waals surface area contributed by atoms with Gasteiger partial charge in [-0.15, -0.1) is 11.3 Å². The third-order valence-electron chi connectivity index (χ3n) is 2.13. The lowest BCUT2D eigenvalue weighted by Gasteiger charge is -1.96. The van der Waals surface area contributed by atoms with Gasteiger partial charge in [-0.05, 0) is 30.7 Å². The zero-order valence-corrected chi connectivity index (χ0v) is 11.5. The Morgan fingerprint density at radius 3 is 2.94 bits per heavy atom. The summed E-state index contributed by atoms with van der Waals surface area (Å²) in [4.78, 5) is 4.32. The minimum Gasteiger partial charge on any atom is -0.241 e. The SMILES string of the molecule is Cc1csc(/C(C#N)=C/c2cccc(Br)c2)n1. The molecule has 0 saturated carbocycles. The second-order valence-corrected chi connectivity index (χ2v) is 5.29. The fourth-order valence-corrected chi connectivity index (χ4v) is 2.56. The minimum absolute atomic E-state index is 0.598. The van der Waals surface area contributed by atoms with Crippen LogP contribution in [-0.2, 0) is 0 Å². The van der Waals surface area contributed by atoms with E-state index in [1.165, 1.54) is 11.3 Å². The van der Waals surface area contributed by atoms with Crippen molar-refractivity contribution in [3.05, 3.63) is 50.4 Å². The Balaban J connectivity index is 2.40. The summed E-state index contributed by atoms with van der Waals surface area (Å²) in [6, 6.07) is 10.0. The molecule has 0 atom stereocenters. The second kappa shape index (κ2) is 5.26. The lowest BCUT2D eigenvalue weighted by atomic mass is 10.1. The van der Waals surface area contributed by atoms with Crippen LogP contribution in [0.1, 0.15) is 16.3 Å². The molecule has 2 rings (SSSR count). The van der Waals surface area contributed by atoms with E-state index in [4.69, 9.17) is 5.26 Å². The van der Waals surface area contributed by atoms with Gasteiger partial charge in [0.15, 0.2) is 0 Å². The van der Waals surface area contributed by atoms with E-state index >= 15 is 0 Å². The van der Waals surface area contributed by atoms with Gasteiger partial charge in [0.2, 0.25) is 0 Å². The van der Waals surface area contributed by atoms with Gasteiger partial charge in [-0.2, -0.15) is 5.26 Å². The first-order valence-corrected chi connectivity index (χ1v) is 6.66. The molecule has 0 N–H and O–H groups in total. The standard InChI is InChI=1S/C13H9BrN2S/c1-9-8-17-13(16-9)11(7-15)5-10-3-2-4-12(14)6-10/h2-6,8H,1H3/b11-5+. The number of rotatable bonds is 2. The monoisotopic (exact) mass is 304 g/mol. The summed E-state index contributed by atoms with van der Waals surface area (Å²) in [5.74, 6) is 0. The van der Waals surface area contributed by atoms with Crippen molar-refractivity contribution >= 4 is 38.9 Å². The Morgan fingerprint density at radius 1 is 1.53 bits per heavy atom. The maximum atomic E-state index is 9.16. The van der Waals surface area contributed by atoms with Crippen molar-refractivity contribution in [2.24, 2.45) is 0 Å². The molecule has 1 heterocycles. The molecule has 84 valence electrons. The summed E-state index contributed by atoms with van der Waals surface area (Å²) in [7, 11) is 0. The molecule has 0 unspecified atom stereocenters. The smallest absolute Gasteiger partial charge is 0.134 e. The highest BCUT2D eigenvalue weighted by Gasteiger charge is 2.05. The molecule has 0 amide bonds. The number of hydrogen-bond donors (Lipinski definition) is 0. The first-order valence-electron chi connectivity index (χ1n) is 4.99. The zero-order valence-electron chi connectivity index (χ0n) is 9.14. The molecule has 2 nitrogen and oxygen atoms in total. The van der Waals surface area contributed by atoms with Crippen LogP contribution < -0.4 is 0 Å². The molecule has 0 aliphatic heterocycles. The van der Waals surface area contributed by atoms with Crippen molar-refractivity contribution in [3.8, 4) is 6.07 Å². The van der Waals surface area contributed by atoms with Crippen LogP contribution in [0, 0.1) is 18.3 Å². The Labute approximate surface area is 112 Å². The van der Waals surface area contributed by atoms with Crippen LogP contribution in [0.15, 0.2) is 34.1 Å². The first-order chi connectivity index (χ1) is 8.19. The highest BCUT2D eigenvalue weighted by molar-refractivity contribution is 9.10. The number of nitriles is 1. The van der Waals surface area contributed by atoms with Gasteiger partial charge in [0.25, 0.3) is 0 Å². The molecule has 0 spiro atoms. The van der Waals surface area contributed by atoms with Crippen LogP contribution in [0.4, 0.5) is 0 Å². The number of allylic oxidation sites excluding steroid dienone is 1. The number of hydrogen-bond acceptors (Lipinski definition) is 3. The Morgan fingerprint density at radius 2 is 2.35 bits per heavy atom. The van der Waals surface area contributed by atoms with E-state index in [0.29, 0.717) is 5.57 Å². The topological polar surface area (TPSA) is 36.7 Å². The molecule has 1 aromatic heterocycles. The normalized spacial score (nSPS) is 11.2. The van der Waals surface area contributed by atoms with Crippen molar-refractivity contribution in [2.45, 2.75) is 6.92 Å².